The first-order valence-electron chi connectivity index (χ1n) is 7.86. The average Bonchev–Trinajstić information content (AvgIpc) is 2.60. The summed E-state index contributed by atoms with van der Waals surface area (Å²) in [6.07, 6.45) is 1.99. The van der Waals surface area contributed by atoms with Crippen LogP contribution in [0.25, 0.3) is 0 Å². The number of hydrogen-bond donors (Lipinski definition) is 0. The molecular weight excluding hydrogens is 292 g/mol. The lowest BCUT2D eigenvalue weighted by atomic mass is 10.2. The maximum absolute atomic E-state index is 11.6. The third-order valence-corrected chi connectivity index (χ3v) is 3.15. The van der Waals surface area contributed by atoms with Gasteiger partial charge < -0.3 is 14.2 Å². The van der Waals surface area contributed by atoms with E-state index in [1.54, 1.807) is 0 Å². The van der Waals surface area contributed by atoms with E-state index in [9.17, 15) is 4.79 Å². The first kappa shape index (κ1) is 16.9. The van der Waals surface area contributed by atoms with Crippen LogP contribution in [0.4, 0.5) is 0 Å². The Morgan fingerprint density at radius 1 is 0.696 bits per heavy atom. The maximum atomic E-state index is 11.6. The van der Waals surface area contributed by atoms with Crippen LogP contribution in [0, 0.1) is 0 Å². The SMILES string of the molecule is O=C(CCCCOc1ccccc1)OCCOc1ccccc1. The van der Waals surface area contributed by atoms with Gasteiger partial charge in [-0.05, 0) is 37.1 Å². The smallest absolute Gasteiger partial charge is 0.305 e. The quantitative estimate of drug-likeness (QED) is 0.493. The molecule has 0 N–H and O–H groups in total. The number of hydrogen-bond acceptors (Lipinski definition) is 4. The molecule has 0 radical (unpaired) electrons. The average molecular weight is 314 g/mol. The van der Waals surface area contributed by atoms with Gasteiger partial charge in [0.1, 0.15) is 24.7 Å². The van der Waals surface area contributed by atoms with Gasteiger partial charge in [-0.2, -0.15) is 0 Å². The summed E-state index contributed by atoms with van der Waals surface area (Å²) in [4.78, 5) is 11.6. The van der Waals surface area contributed by atoms with Crippen molar-refractivity contribution in [2.24, 2.45) is 0 Å². The van der Waals surface area contributed by atoms with E-state index in [-0.39, 0.29) is 12.6 Å². The number of carbonyl (C=O) groups excluding carboxylic acids is 1. The Balaban J connectivity index is 1.45. The zero-order valence-corrected chi connectivity index (χ0v) is 13.1. The number of para-hydroxylation sites is 2. The second kappa shape index (κ2) is 10.3. The Labute approximate surface area is 137 Å². The molecule has 0 amide bonds. The molecule has 0 aliphatic carbocycles. The van der Waals surface area contributed by atoms with E-state index in [2.05, 4.69) is 0 Å². The van der Waals surface area contributed by atoms with E-state index < -0.39 is 0 Å². The van der Waals surface area contributed by atoms with E-state index >= 15 is 0 Å². The summed E-state index contributed by atoms with van der Waals surface area (Å²) in [7, 11) is 0. The van der Waals surface area contributed by atoms with Crippen molar-refractivity contribution in [1.82, 2.24) is 0 Å². The Morgan fingerprint density at radius 2 is 1.26 bits per heavy atom. The van der Waals surface area contributed by atoms with Crippen molar-refractivity contribution in [1.29, 1.82) is 0 Å². The molecule has 0 spiro atoms. The van der Waals surface area contributed by atoms with Crippen LogP contribution in [0.5, 0.6) is 11.5 Å². The molecular formula is C19H22O4. The Hall–Kier alpha value is -2.49. The molecule has 122 valence electrons. The molecule has 0 unspecified atom stereocenters. The number of unbranched alkanes of at least 4 members (excludes halogenated alkanes) is 1. The largest absolute Gasteiger partial charge is 0.494 e. The van der Waals surface area contributed by atoms with Crippen LogP contribution in [0.15, 0.2) is 60.7 Å². The fourth-order valence-electron chi connectivity index (χ4n) is 1.98. The molecule has 0 atom stereocenters. The van der Waals surface area contributed by atoms with Gasteiger partial charge in [0.2, 0.25) is 0 Å². The van der Waals surface area contributed by atoms with Crippen LogP contribution in [-0.2, 0) is 9.53 Å². The second-order valence-electron chi connectivity index (χ2n) is 5.00. The summed E-state index contributed by atoms with van der Waals surface area (Å²) in [6.45, 7) is 1.25. The summed E-state index contributed by atoms with van der Waals surface area (Å²) in [5, 5.41) is 0. The summed E-state index contributed by atoms with van der Waals surface area (Å²) in [5.74, 6) is 1.44. The van der Waals surface area contributed by atoms with Gasteiger partial charge >= 0.3 is 5.97 Å². The van der Waals surface area contributed by atoms with E-state index in [4.69, 9.17) is 14.2 Å². The minimum Gasteiger partial charge on any atom is -0.494 e. The zero-order valence-electron chi connectivity index (χ0n) is 13.1. The van der Waals surface area contributed by atoms with Gasteiger partial charge in [-0.25, -0.2) is 0 Å². The molecule has 2 aromatic carbocycles. The second-order valence-corrected chi connectivity index (χ2v) is 5.00. The standard InChI is InChI=1S/C19H22O4/c20-19(23-16-15-22-18-11-5-2-6-12-18)13-7-8-14-21-17-9-3-1-4-10-17/h1-6,9-12H,7-8,13-16H2. The predicted molar refractivity (Wildman–Crippen MR) is 88.7 cm³/mol. The highest BCUT2D eigenvalue weighted by molar-refractivity contribution is 5.69. The van der Waals surface area contributed by atoms with Crippen LogP contribution < -0.4 is 9.47 Å². The maximum Gasteiger partial charge on any atom is 0.305 e. The van der Waals surface area contributed by atoms with Gasteiger partial charge in [-0.3, -0.25) is 4.79 Å². The number of rotatable bonds is 10. The van der Waals surface area contributed by atoms with Crippen LogP contribution in [-0.4, -0.2) is 25.8 Å². The molecule has 0 aliphatic heterocycles. The monoisotopic (exact) mass is 314 g/mol. The van der Waals surface area contributed by atoms with E-state index in [0.29, 0.717) is 19.6 Å². The van der Waals surface area contributed by atoms with Crippen molar-refractivity contribution in [3.8, 4) is 11.5 Å². The molecule has 2 rings (SSSR count). The highest BCUT2D eigenvalue weighted by Crippen LogP contribution is 2.10. The van der Waals surface area contributed by atoms with Crippen molar-refractivity contribution in [3.63, 3.8) is 0 Å². The molecule has 4 heteroatoms. The van der Waals surface area contributed by atoms with Gasteiger partial charge in [0.05, 0.1) is 6.61 Å². The fourth-order valence-corrected chi connectivity index (χ4v) is 1.98. The third-order valence-electron chi connectivity index (χ3n) is 3.15. The van der Waals surface area contributed by atoms with E-state index in [1.165, 1.54) is 0 Å². The molecule has 0 aliphatic rings. The molecule has 0 saturated heterocycles. The van der Waals surface area contributed by atoms with Gasteiger partial charge in [-0.1, -0.05) is 36.4 Å². The van der Waals surface area contributed by atoms with Crippen molar-refractivity contribution in [3.05, 3.63) is 60.7 Å². The third kappa shape index (κ3) is 7.36. The summed E-state index contributed by atoms with van der Waals surface area (Å²) < 4.78 is 16.1. The van der Waals surface area contributed by atoms with Crippen LogP contribution in [0.2, 0.25) is 0 Å². The Kier molecular flexibility index (Phi) is 7.54. The Morgan fingerprint density at radius 3 is 1.87 bits per heavy atom. The molecule has 0 fully saturated rings. The lowest BCUT2D eigenvalue weighted by Crippen LogP contribution is -2.12. The van der Waals surface area contributed by atoms with Crippen molar-refractivity contribution in [2.75, 3.05) is 19.8 Å². The summed E-state index contributed by atoms with van der Waals surface area (Å²) in [5.41, 5.74) is 0. The topological polar surface area (TPSA) is 44.8 Å². The van der Waals surface area contributed by atoms with Gasteiger partial charge in [0.25, 0.3) is 0 Å². The van der Waals surface area contributed by atoms with Crippen molar-refractivity contribution < 1.29 is 19.0 Å². The van der Waals surface area contributed by atoms with Crippen LogP contribution in [0.1, 0.15) is 19.3 Å². The van der Waals surface area contributed by atoms with Gasteiger partial charge in [0, 0.05) is 6.42 Å². The molecule has 2 aromatic rings. The molecule has 0 bridgehead atoms. The Bertz CT molecular complexity index is 554. The number of benzene rings is 2. The normalized spacial score (nSPS) is 10.1. The summed E-state index contributed by atoms with van der Waals surface area (Å²) in [6, 6.07) is 19.1. The molecule has 0 aromatic heterocycles. The number of esters is 1. The van der Waals surface area contributed by atoms with E-state index in [0.717, 1.165) is 24.3 Å². The first-order valence-corrected chi connectivity index (χ1v) is 7.86. The molecule has 0 saturated carbocycles. The molecule has 0 heterocycles. The number of carbonyl (C=O) groups is 1. The first-order chi connectivity index (χ1) is 11.3. The van der Waals surface area contributed by atoms with Gasteiger partial charge in [0.15, 0.2) is 0 Å². The highest BCUT2D eigenvalue weighted by Gasteiger charge is 2.03. The van der Waals surface area contributed by atoms with Crippen molar-refractivity contribution in [2.45, 2.75) is 19.3 Å². The minimum absolute atomic E-state index is 0.193. The number of ether oxygens (including phenoxy) is 3. The van der Waals surface area contributed by atoms with Gasteiger partial charge in [-0.15, -0.1) is 0 Å². The van der Waals surface area contributed by atoms with Crippen LogP contribution in [0.3, 0.4) is 0 Å². The fraction of sp³-hybridized carbons (Fsp3) is 0.316. The predicted octanol–water partition coefficient (Wildman–Crippen LogP) is 3.86. The zero-order chi connectivity index (χ0) is 16.2. The highest BCUT2D eigenvalue weighted by atomic mass is 16.6. The molecule has 23 heavy (non-hydrogen) atoms. The lowest BCUT2D eigenvalue weighted by molar-refractivity contribution is -0.144. The summed E-state index contributed by atoms with van der Waals surface area (Å²) >= 11 is 0. The van der Waals surface area contributed by atoms with Crippen LogP contribution >= 0.6 is 0 Å². The van der Waals surface area contributed by atoms with Crippen molar-refractivity contribution >= 4 is 5.97 Å². The molecule has 4 nitrogen and oxygen atoms in total. The van der Waals surface area contributed by atoms with E-state index in [1.807, 2.05) is 60.7 Å². The minimum atomic E-state index is -0.193. The lowest BCUT2D eigenvalue weighted by Gasteiger charge is -2.08.